The molecule has 0 atom stereocenters. The fourth-order valence-electron chi connectivity index (χ4n) is 4.39. The van der Waals surface area contributed by atoms with Crippen LogP contribution in [0.4, 0.5) is 4.39 Å². The molecule has 2 aliphatic rings. The topological polar surface area (TPSA) is 0 Å². The van der Waals surface area contributed by atoms with Crippen LogP contribution < -0.4 is 0 Å². The van der Waals surface area contributed by atoms with Crippen LogP contribution in [0.2, 0.25) is 0 Å². The van der Waals surface area contributed by atoms with E-state index >= 15 is 0 Å². The predicted molar refractivity (Wildman–Crippen MR) is 76.4 cm³/mol. The molecular formula is C17H31F. The van der Waals surface area contributed by atoms with Gasteiger partial charge in [-0.3, -0.25) is 0 Å². The highest BCUT2D eigenvalue weighted by Gasteiger charge is 2.37. The molecular weight excluding hydrogens is 223 g/mol. The molecule has 0 aromatic heterocycles. The molecule has 1 heteroatoms. The van der Waals surface area contributed by atoms with Crippen molar-refractivity contribution < 1.29 is 4.39 Å². The molecule has 2 rings (SSSR count). The minimum Gasteiger partial charge on any atom is -0.244 e. The minimum atomic E-state index is -0.800. The quantitative estimate of drug-likeness (QED) is 0.585. The number of hydrogen-bond acceptors (Lipinski definition) is 0. The van der Waals surface area contributed by atoms with Gasteiger partial charge in [-0.05, 0) is 62.7 Å². The highest BCUT2D eigenvalue weighted by Crippen LogP contribution is 2.45. The summed E-state index contributed by atoms with van der Waals surface area (Å²) in [5, 5.41) is 0. The zero-order chi connectivity index (χ0) is 13.0. The van der Waals surface area contributed by atoms with Crippen molar-refractivity contribution in [3.05, 3.63) is 0 Å². The molecule has 0 heterocycles. The monoisotopic (exact) mass is 254 g/mol. The van der Waals surface area contributed by atoms with Crippen molar-refractivity contribution in [2.24, 2.45) is 17.8 Å². The third-order valence-corrected chi connectivity index (χ3v) is 5.76. The summed E-state index contributed by atoms with van der Waals surface area (Å²) in [5.41, 5.74) is -0.800. The molecule has 0 amide bonds. The molecule has 0 unspecified atom stereocenters. The summed E-state index contributed by atoms with van der Waals surface area (Å²) >= 11 is 0. The molecule has 0 radical (unpaired) electrons. The Morgan fingerprint density at radius 1 is 0.889 bits per heavy atom. The van der Waals surface area contributed by atoms with Crippen LogP contribution in [-0.2, 0) is 0 Å². The Bertz CT molecular complexity index is 232. The fraction of sp³-hybridized carbons (Fsp3) is 1.00. The lowest BCUT2D eigenvalue weighted by Crippen LogP contribution is -2.33. The van der Waals surface area contributed by atoms with Gasteiger partial charge < -0.3 is 0 Å². The Balaban J connectivity index is 1.76. The summed E-state index contributed by atoms with van der Waals surface area (Å²) in [6.45, 7) is 4.44. The molecule has 0 N–H and O–H groups in total. The van der Waals surface area contributed by atoms with E-state index in [9.17, 15) is 4.39 Å². The van der Waals surface area contributed by atoms with Gasteiger partial charge in [0.1, 0.15) is 5.67 Å². The number of alkyl halides is 1. The van der Waals surface area contributed by atoms with Crippen molar-refractivity contribution in [1.29, 1.82) is 0 Å². The van der Waals surface area contributed by atoms with Crippen molar-refractivity contribution in [1.82, 2.24) is 0 Å². The standard InChI is InChI=1S/C17H31F/c1-3-11-17(18)12-9-16(10-13-17)15-7-5-14(4-2)6-8-15/h14-16H,3-13H2,1-2H3/t14-,15-,16?,17?. The van der Waals surface area contributed by atoms with E-state index in [2.05, 4.69) is 13.8 Å². The van der Waals surface area contributed by atoms with Gasteiger partial charge in [0, 0.05) is 0 Å². The Labute approximate surface area is 113 Å². The maximum atomic E-state index is 14.4. The average Bonchev–Trinajstić information content (AvgIpc) is 2.40. The summed E-state index contributed by atoms with van der Waals surface area (Å²) in [6.07, 6.45) is 12.9. The largest absolute Gasteiger partial charge is 0.244 e. The Morgan fingerprint density at radius 2 is 1.44 bits per heavy atom. The average molecular weight is 254 g/mol. The normalized spacial score (nSPS) is 41.8. The van der Waals surface area contributed by atoms with Crippen molar-refractivity contribution >= 4 is 0 Å². The first-order valence-corrected chi connectivity index (χ1v) is 8.35. The van der Waals surface area contributed by atoms with Crippen molar-refractivity contribution in [2.75, 3.05) is 0 Å². The number of hydrogen-bond donors (Lipinski definition) is 0. The summed E-state index contributed by atoms with van der Waals surface area (Å²) in [6, 6.07) is 0. The third-order valence-electron chi connectivity index (χ3n) is 5.76. The predicted octanol–water partition coefficient (Wildman–Crippen LogP) is 5.90. The summed E-state index contributed by atoms with van der Waals surface area (Å²) in [7, 11) is 0. The summed E-state index contributed by atoms with van der Waals surface area (Å²) in [4.78, 5) is 0. The molecule has 0 aliphatic heterocycles. The minimum absolute atomic E-state index is 0.794. The van der Waals surface area contributed by atoms with Gasteiger partial charge in [0.25, 0.3) is 0 Å². The van der Waals surface area contributed by atoms with Crippen molar-refractivity contribution in [2.45, 2.75) is 90.1 Å². The molecule has 0 saturated heterocycles. The second-order valence-electron chi connectivity index (χ2n) is 6.93. The van der Waals surface area contributed by atoms with Crippen LogP contribution in [-0.4, -0.2) is 5.67 Å². The van der Waals surface area contributed by atoms with Gasteiger partial charge in [0.15, 0.2) is 0 Å². The summed E-state index contributed by atoms with van der Waals surface area (Å²) < 4.78 is 14.4. The first kappa shape index (κ1) is 14.3. The molecule has 2 aliphatic carbocycles. The maximum Gasteiger partial charge on any atom is 0.111 e. The Hall–Kier alpha value is -0.0700. The highest BCUT2D eigenvalue weighted by molar-refractivity contribution is 4.89. The van der Waals surface area contributed by atoms with Crippen LogP contribution in [0.25, 0.3) is 0 Å². The lowest BCUT2D eigenvalue weighted by atomic mass is 9.67. The van der Waals surface area contributed by atoms with E-state index in [1.54, 1.807) is 0 Å². The van der Waals surface area contributed by atoms with Crippen LogP contribution >= 0.6 is 0 Å². The van der Waals surface area contributed by atoms with Crippen LogP contribution in [0.3, 0.4) is 0 Å². The fourth-order valence-corrected chi connectivity index (χ4v) is 4.39. The SMILES string of the molecule is CCCC1(F)CCC([C@H]2CC[C@H](CC)CC2)CC1. The maximum absolute atomic E-state index is 14.4. The van der Waals surface area contributed by atoms with E-state index in [1.807, 2.05) is 0 Å². The van der Waals surface area contributed by atoms with Gasteiger partial charge in [-0.1, -0.05) is 39.5 Å². The van der Waals surface area contributed by atoms with Gasteiger partial charge in [-0.25, -0.2) is 4.39 Å². The molecule has 2 fully saturated rings. The van der Waals surface area contributed by atoms with E-state index < -0.39 is 5.67 Å². The molecule has 18 heavy (non-hydrogen) atoms. The summed E-state index contributed by atoms with van der Waals surface area (Å²) in [5.74, 6) is 2.77. The lowest BCUT2D eigenvalue weighted by molar-refractivity contribution is 0.0473. The van der Waals surface area contributed by atoms with E-state index in [1.165, 1.54) is 32.1 Å². The van der Waals surface area contributed by atoms with Gasteiger partial charge >= 0.3 is 0 Å². The molecule has 0 nitrogen and oxygen atoms in total. The van der Waals surface area contributed by atoms with Gasteiger partial charge in [0.2, 0.25) is 0 Å². The third kappa shape index (κ3) is 3.48. The van der Waals surface area contributed by atoms with Crippen LogP contribution in [0, 0.1) is 17.8 Å². The Kier molecular flexibility index (Phi) is 5.09. The van der Waals surface area contributed by atoms with Crippen LogP contribution in [0.5, 0.6) is 0 Å². The van der Waals surface area contributed by atoms with E-state index in [0.717, 1.165) is 56.3 Å². The first-order chi connectivity index (χ1) is 8.67. The van der Waals surface area contributed by atoms with E-state index in [-0.39, 0.29) is 0 Å². The Morgan fingerprint density at radius 3 is 1.94 bits per heavy atom. The van der Waals surface area contributed by atoms with Gasteiger partial charge in [-0.15, -0.1) is 0 Å². The molecule has 0 spiro atoms. The van der Waals surface area contributed by atoms with Crippen LogP contribution in [0.15, 0.2) is 0 Å². The first-order valence-electron chi connectivity index (χ1n) is 8.35. The second-order valence-corrected chi connectivity index (χ2v) is 6.93. The number of rotatable bonds is 4. The second kappa shape index (κ2) is 6.39. The van der Waals surface area contributed by atoms with Gasteiger partial charge in [0.05, 0.1) is 0 Å². The zero-order valence-electron chi connectivity index (χ0n) is 12.4. The smallest absolute Gasteiger partial charge is 0.111 e. The van der Waals surface area contributed by atoms with Crippen LogP contribution in [0.1, 0.15) is 84.5 Å². The lowest BCUT2D eigenvalue weighted by Gasteiger charge is -2.40. The molecule has 106 valence electrons. The molecule has 2 saturated carbocycles. The zero-order valence-corrected chi connectivity index (χ0v) is 12.4. The number of halogens is 1. The highest BCUT2D eigenvalue weighted by atomic mass is 19.1. The molecule has 0 aromatic carbocycles. The molecule has 0 bridgehead atoms. The molecule has 0 aromatic rings. The van der Waals surface area contributed by atoms with Crippen molar-refractivity contribution in [3.63, 3.8) is 0 Å². The van der Waals surface area contributed by atoms with E-state index in [0.29, 0.717) is 0 Å². The van der Waals surface area contributed by atoms with Crippen molar-refractivity contribution in [3.8, 4) is 0 Å². The van der Waals surface area contributed by atoms with Gasteiger partial charge in [-0.2, -0.15) is 0 Å². The van der Waals surface area contributed by atoms with E-state index in [4.69, 9.17) is 0 Å².